The van der Waals surface area contributed by atoms with Crippen molar-refractivity contribution in [2.45, 2.75) is 58.2 Å². The number of hydrogen-bond acceptors (Lipinski definition) is 3. The lowest BCUT2D eigenvalue weighted by molar-refractivity contribution is -0.153. The van der Waals surface area contributed by atoms with Crippen molar-refractivity contribution in [1.29, 1.82) is 0 Å². The van der Waals surface area contributed by atoms with E-state index >= 15 is 0 Å². The van der Waals surface area contributed by atoms with Gasteiger partial charge in [-0.3, -0.25) is 4.90 Å². The molecule has 1 aliphatic heterocycles. The van der Waals surface area contributed by atoms with Crippen LogP contribution in [0.5, 0.6) is 0 Å². The van der Waals surface area contributed by atoms with Crippen molar-refractivity contribution in [3.8, 4) is 0 Å². The summed E-state index contributed by atoms with van der Waals surface area (Å²) in [5.74, 6) is 0. The van der Waals surface area contributed by atoms with Crippen molar-refractivity contribution in [1.82, 2.24) is 10.2 Å². The Hall–Kier alpha value is -0.120. The summed E-state index contributed by atoms with van der Waals surface area (Å²) in [7, 11) is 2.08. The summed E-state index contributed by atoms with van der Waals surface area (Å²) in [6, 6.07) is 1.47. The fraction of sp³-hybridized carbons (Fsp3) is 1.00. The molecule has 1 heterocycles. The van der Waals surface area contributed by atoms with Gasteiger partial charge in [0, 0.05) is 24.1 Å². The Labute approximate surface area is 106 Å². The molecule has 0 aromatic rings. The molecule has 1 N–H and O–H groups in total. The fourth-order valence-electron chi connectivity index (χ4n) is 3.47. The zero-order valence-corrected chi connectivity index (χ0v) is 11.8. The summed E-state index contributed by atoms with van der Waals surface area (Å²) in [6.45, 7) is 10.2. The van der Waals surface area contributed by atoms with E-state index in [1.807, 2.05) is 0 Å². The quantitative estimate of drug-likeness (QED) is 0.812. The molecule has 2 aliphatic rings. The normalized spacial score (nSPS) is 34.6. The Balaban J connectivity index is 1.85. The Bertz CT molecular complexity index is 247. The predicted octanol–water partition coefficient (Wildman–Crippen LogP) is 1.87. The van der Waals surface area contributed by atoms with Gasteiger partial charge in [0.2, 0.25) is 0 Å². The first kappa shape index (κ1) is 13.3. The van der Waals surface area contributed by atoms with E-state index in [2.05, 4.69) is 38.0 Å². The van der Waals surface area contributed by atoms with E-state index in [0.29, 0.717) is 11.5 Å². The minimum atomic E-state index is 0.336. The van der Waals surface area contributed by atoms with Crippen LogP contribution in [-0.4, -0.2) is 49.8 Å². The number of likely N-dealkylation sites (tertiary alicyclic amines) is 1. The van der Waals surface area contributed by atoms with E-state index in [9.17, 15) is 0 Å². The SMILES string of the molecule is CCOC1CC(N2CCC(NC)CC2)C1(C)C. The molecule has 0 radical (unpaired) electrons. The zero-order chi connectivity index (χ0) is 12.5. The Kier molecular flexibility index (Phi) is 4.11. The van der Waals surface area contributed by atoms with Crippen LogP contribution in [0.15, 0.2) is 0 Å². The third-order valence-corrected chi connectivity index (χ3v) is 4.87. The molecule has 2 atom stereocenters. The van der Waals surface area contributed by atoms with Gasteiger partial charge in [0.25, 0.3) is 0 Å². The Morgan fingerprint density at radius 3 is 2.41 bits per heavy atom. The number of rotatable bonds is 4. The second-order valence-electron chi connectivity index (χ2n) is 6.12. The lowest BCUT2D eigenvalue weighted by Gasteiger charge is -2.57. The second kappa shape index (κ2) is 5.25. The van der Waals surface area contributed by atoms with Crippen LogP contribution in [0.25, 0.3) is 0 Å². The molecule has 0 amide bonds. The smallest absolute Gasteiger partial charge is 0.0655 e. The van der Waals surface area contributed by atoms with Crippen molar-refractivity contribution in [2.75, 3.05) is 26.7 Å². The van der Waals surface area contributed by atoms with Gasteiger partial charge in [-0.2, -0.15) is 0 Å². The average molecular weight is 240 g/mol. The van der Waals surface area contributed by atoms with Gasteiger partial charge in [-0.15, -0.1) is 0 Å². The maximum atomic E-state index is 5.82. The highest BCUT2D eigenvalue weighted by molar-refractivity contribution is 5.04. The molecule has 100 valence electrons. The molecule has 1 saturated heterocycles. The minimum absolute atomic E-state index is 0.336. The van der Waals surface area contributed by atoms with E-state index in [4.69, 9.17) is 4.74 Å². The summed E-state index contributed by atoms with van der Waals surface area (Å²) in [4.78, 5) is 2.68. The molecule has 0 aromatic heterocycles. The molecule has 1 aliphatic carbocycles. The highest BCUT2D eigenvalue weighted by Crippen LogP contribution is 2.46. The second-order valence-corrected chi connectivity index (χ2v) is 6.12. The van der Waals surface area contributed by atoms with Gasteiger partial charge < -0.3 is 10.1 Å². The first-order valence-electron chi connectivity index (χ1n) is 7.12. The molecule has 2 fully saturated rings. The van der Waals surface area contributed by atoms with Crippen molar-refractivity contribution < 1.29 is 4.74 Å². The van der Waals surface area contributed by atoms with Crippen LogP contribution in [0.4, 0.5) is 0 Å². The third kappa shape index (κ3) is 2.51. The highest BCUT2D eigenvalue weighted by atomic mass is 16.5. The molecule has 0 bridgehead atoms. The van der Waals surface area contributed by atoms with Crippen LogP contribution >= 0.6 is 0 Å². The van der Waals surface area contributed by atoms with E-state index in [0.717, 1.165) is 18.7 Å². The molecule has 0 spiro atoms. The number of nitrogens with zero attached hydrogens (tertiary/aromatic N) is 1. The van der Waals surface area contributed by atoms with E-state index in [-0.39, 0.29) is 0 Å². The van der Waals surface area contributed by atoms with Crippen LogP contribution in [0, 0.1) is 5.41 Å². The number of piperidine rings is 1. The summed E-state index contributed by atoms with van der Waals surface area (Å²) < 4.78 is 5.82. The average Bonchev–Trinajstić information content (AvgIpc) is 2.34. The van der Waals surface area contributed by atoms with Gasteiger partial charge in [0.1, 0.15) is 0 Å². The van der Waals surface area contributed by atoms with E-state index < -0.39 is 0 Å². The molecule has 2 rings (SSSR count). The monoisotopic (exact) mass is 240 g/mol. The van der Waals surface area contributed by atoms with Gasteiger partial charge in [-0.25, -0.2) is 0 Å². The standard InChI is InChI=1S/C14H28N2O/c1-5-17-13-10-12(14(13,2)3)16-8-6-11(15-4)7-9-16/h11-13,15H,5-10H2,1-4H3. The van der Waals surface area contributed by atoms with Crippen molar-refractivity contribution in [3.05, 3.63) is 0 Å². The van der Waals surface area contributed by atoms with Crippen LogP contribution in [-0.2, 0) is 4.74 Å². The lowest BCUT2D eigenvalue weighted by Crippen LogP contribution is -2.63. The van der Waals surface area contributed by atoms with Gasteiger partial charge in [-0.1, -0.05) is 13.8 Å². The largest absolute Gasteiger partial charge is 0.378 e. The van der Waals surface area contributed by atoms with Crippen LogP contribution < -0.4 is 5.32 Å². The van der Waals surface area contributed by atoms with Gasteiger partial charge in [0.05, 0.1) is 6.10 Å². The van der Waals surface area contributed by atoms with E-state index in [1.54, 1.807) is 0 Å². The molecule has 3 heteroatoms. The number of hydrogen-bond donors (Lipinski definition) is 1. The predicted molar refractivity (Wildman–Crippen MR) is 71.3 cm³/mol. The highest BCUT2D eigenvalue weighted by Gasteiger charge is 2.51. The fourth-order valence-corrected chi connectivity index (χ4v) is 3.47. The molecule has 1 saturated carbocycles. The van der Waals surface area contributed by atoms with Crippen LogP contribution in [0.3, 0.4) is 0 Å². The summed E-state index contributed by atoms with van der Waals surface area (Å²) >= 11 is 0. The van der Waals surface area contributed by atoms with Crippen molar-refractivity contribution in [2.24, 2.45) is 5.41 Å². The zero-order valence-electron chi connectivity index (χ0n) is 11.8. The molecule has 0 aromatic carbocycles. The maximum absolute atomic E-state index is 5.82. The molecule has 17 heavy (non-hydrogen) atoms. The molecule has 3 nitrogen and oxygen atoms in total. The topological polar surface area (TPSA) is 24.5 Å². The first-order chi connectivity index (χ1) is 8.09. The van der Waals surface area contributed by atoms with Gasteiger partial charge in [0.15, 0.2) is 0 Å². The minimum Gasteiger partial charge on any atom is -0.378 e. The summed E-state index contributed by atoms with van der Waals surface area (Å²) in [6.07, 6.45) is 4.29. The number of nitrogens with one attached hydrogen (secondary N) is 1. The first-order valence-corrected chi connectivity index (χ1v) is 7.12. The molecular formula is C14H28N2O. The Morgan fingerprint density at radius 1 is 1.29 bits per heavy atom. The summed E-state index contributed by atoms with van der Waals surface area (Å²) in [5, 5.41) is 3.40. The van der Waals surface area contributed by atoms with Gasteiger partial charge >= 0.3 is 0 Å². The van der Waals surface area contributed by atoms with Crippen LogP contribution in [0.1, 0.15) is 40.0 Å². The van der Waals surface area contributed by atoms with Crippen molar-refractivity contribution in [3.63, 3.8) is 0 Å². The Morgan fingerprint density at radius 2 is 1.94 bits per heavy atom. The molecule has 2 unspecified atom stereocenters. The summed E-state index contributed by atoms with van der Waals surface area (Å²) in [5.41, 5.74) is 0.336. The van der Waals surface area contributed by atoms with Gasteiger partial charge in [-0.05, 0) is 46.3 Å². The number of ether oxygens (including phenoxy) is 1. The maximum Gasteiger partial charge on any atom is 0.0655 e. The van der Waals surface area contributed by atoms with E-state index in [1.165, 1.54) is 32.4 Å². The lowest BCUT2D eigenvalue weighted by atomic mass is 9.63. The van der Waals surface area contributed by atoms with Crippen LogP contribution in [0.2, 0.25) is 0 Å². The molecular weight excluding hydrogens is 212 g/mol. The van der Waals surface area contributed by atoms with Crippen molar-refractivity contribution >= 4 is 0 Å². The third-order valence-electron chi connectivity index (χ3n) is 4.87.